The SMILES string of the molecule is CC(=O)C(C)C1CCC(N=C(N)N)C1. The van der Waals surface area contributed by atoms with E-state index in [9.17, 15) is 4.79 Å². The van der Waals surface area contributed by atoms with Gasteiger partial charge in [-0.2, -0.15) is 0 Å². The van der Waals surface area contributed by atoms with Crippen molar-refractivity contribution in [2.24, 2.45) is 28.3 Å². The molecule has 0 aromatic heterocycles. The topological polar surface area (TPSA) is 81.5 Å². The van der Waals surface area contributed by atoms with Gasteiger partial charge >= 0.3 is 0 Å². The van der Waals surface area contributed by atoms with Crippen LogP contribution in [-0.4, -0.2) is 17.8 Å². The fraction of sp³-hybridized carbons (Fsp3) is 0.800. The van der Waals surface area contributed by atoms with E-state index in [-0.39, 0.29) is 23.7 Å². The van der Waals surface area contributed by atoms with Crippen LogP contribution in [0.25, 0.3) is 0 Å². The number of nitrogens with two attached hydrogens (primary N) is 2. The highest BCUT2D eigenvalue weighted by atomic mass is 16.1. The summed E-state index contributed by atoms with van der Waals surface area (Å²) in [7, 11) is 0. The number of hydrogen-bond donors (Lipinski definition) is 2. The van der Waals surface area contributed by atoms with Gasteiger partial charge in [-0.15, -0.1) is 0 Å². The monoisotopic (exact) mass is 197 g/mol. The Hall–Kier alpha value is -1.06. The highest BCUT2D eigenvalue weighted by Crippen LogP contribution is 2.33. The molecule has 1 aliphatic rings. The highest BCUT2D eigenvalue weighted by molar-refractivity contribution is 5.78. The first-order chi connectivity index (χ1) is 6.50. The molecule has 3 unspecified atom stereocenters. The van der Waals surface area contributed by atoms with Gasteiger partial charge in [0.15, 0.2) is 5.96 Å². The molecule has 0 radical (unpaired) electrons. The van der Waals surface area contributed by atoms with Gasteiger partial charge in [0.2, 0.25) is 0 Å². The predicted molar refractivity (Wildman–Crippen MR) is 56.8 cm³/mol. The number of carbonyl (C=O) groups excluding carboxylic acids is 1. The van der Waals surface area contributed by atoms with Gasteiger partial charge in [-0.3, -0.25) is 9.79 Å². The van der Waals surface area contributed by atoms with E-state index in [2.05, 4.69) is 4.99 Å². The van der Waals surface area contributed by atoms with Crippen molar-refractivity contribution < 1.29 is 4.79 Å². The van der Waals surface area contributed by atoms with Crippen molar-refractivity contribution in [3.05, 3.63) is 0 Å². The lowest BCUT2D eigenvalue weighted by molar-refractivity contribution is -0.121. The summed E-state index contributed by atoms with van der Waals surface area (Å²) in [5.41, 5.74) is 10.6. The van der Waals surface area contributed by atoms with E-state index in [0.29, 0.717) is 5.92 Å². The van der Waals surface area contributed by atoms with Crippen LogP contribution in [-0.2, 0) is 4.79 Å². The van der Waals surface area contributed by atoms with Crippen LogP contribution in [0.3, 0.4) is 0 Å². The Labute approximate surface area is 84.8 Å². The van der Waals surface area contributed by atoms with Gasteiger partial charge in [-0.25, -0.2) is 0 Å². The van der Waals surface area contributed by atoms with Crippen LogP contribution in [0.5, 0.6) is 0 Å². The van der Waals surface area contributed by atoms with Crippen LogP contribution in [0.4, 0.5) is 0 Å². The van der Waals surface area contributed by atoms with Crippen LogP contribution in [0, 0.1) is 11.8 Å². The molecule has 14 heavy (non-hydrogen) atoms. The number of aliphatic imine (C=N–C) groups is 1. The molecule has 0 aromatic carbocycles. The maximum atomic E-state index is 11.2. The first-order valence-electron chi connectivity index (χ1n) is 5.10. The molecule has 0 aliphatic heterocycles. The fourth-order valence-electron chi connectivity index (χ4n) is 2.11. The van der Waals surface area contributed by atoms with Gasteiger partial charge in [-0.05, 0) is 32.1 Å². The van der Waals surface area contributed by atoms with Crippen molar-refractivity contribution >= 4 is 11.7 Å². The minimum absolute atomic E-state index is 0.147. The third kappa shape index (κ3) is 2.72. The number of carbonyl (C=O) groups is 1. The first-order valence-corrected chi connectivity index (χ1v) is 5.10. The second-order valence-corrected chi connectivity index (χ2v) is 4.18. The number of guanidine groups is 1. The molecular formula is C10H19N3O. The highest BCUT2D eigenvalue weighted by Gasteiger charge is 2.30. The third-order valence-electron chi connectivity index (χ3n) is 3.13. The maximum absolute atomic E-state index is 11.2. The average Bonchev–Trinajstić information content (AvgIpc) is 2.50. The Morgan fingerprint density at radius 3 is 2.57 bits per heavy atom. The molecule has 0 spiro atoms. The summed E-state index contributed by atoms with van der Waals surface area (Å²) in [6.07, 6.45) is 3.00. The zero-order valence-electron chi connectivity index (χ0n) is 8.86. The van der Waals surface area contributed by atoms with Crippen LogP contribution < -0.4 is 11.5 Å². The van der Waals surface area contributed by atoms with Crippen molar-refractivity contribution in [3.8, 4) is 0 Å². The van der Waals surface area contributed by atoms with Gasteiger partial charge < -0.3 is 11.5 Å². The molecule has 3 atom stereocenters. The fourth-order valence-corrected chi connectivity index (χ4v) is 2.11. The number of ketones is 1. The van der Waals surface area contributed by atoms with Crippen molar-refractivity contribution in [1.82, 2.24) is 0 Å². The molecule has 0 saturated heterocycles. The molecule has 4 heteroatoms. The number of Topliss-reactive ketones (excluding diaryl/α,β-unsaturated/α-hetero) is 1. The zero-order chi connectivity index (χ0) is 10.7. The summed E-state index contributed by atoms with van der Waals surface area (Å²) in [6.45, 7) is 3.64. The van der Waals surface area contributed by atoms with Crippen molar-refractivity contribution in [1.29, 1.82) is 0 Å². The van der Waals surface area contributed by atoms with E-state index < -0.39 is 0 Å². The minimum Gasteiger partial charge on any atom is -0.370 e. The van der Waals surface area contributed by atoms with Gasteiger partial charge in [0.25, 0.3) is 0 Å². The van der Waals surface area contributed by atoms with Crippen molar-refractivity contribution in [3.63, 3.8) is 0 Å². The summed E-state index contributed by atoms with van der Waals surface area (Å²) in [4.78, 5) is 15.3. The van der Waals surface area contributed by atoms with Gasteiger partial charge in [0, 0.05) is 5.92 Å². The standard InChI is InChI=1S/C10H19N3O/c1-6(7(2)14)8-3-4-9(5-8)13-10(11)12/h6,8-9H,3-5H2,1-2H3,(H4,11,12,13). The normalized spacial score (nSPS) is 28.4. The molecule has 4 N–H and O–H groups in total. The third-order valence-corrected chi connectivity index (χ3v) is 3.13. The lowest BCUT2D eigenvalue weighted by atomic mass is 9.89. The summed E-state index contributed by atoms with van der Waals surface area (Å²) < 4.78 is 0. The van der Waals surface area contributed by atoms with Crippen molar-refractivity contribution in [2.75, 3.05) is 0 Å². The Bertz CT molecular complexity index is 246. The second-order valence-electron chi connectivity index (χ2n) is 4.18. The van der Waals surface area contributed by atoms with Crippen LogP contribution in [0.2, 0.25) is 0 Å². The van der Waals surface area contributed by atoms with E-state index in [1.54, 1.807) is 6.92 Å². The second kappa shape index (κ2) is 4.44. The Kier molecular flexibility index (Phi) is 3.49. The van der Waals surface area contributed by atoms with Gasteiger partial charge in [-0.1, -0.05) is 6.92 Å². The summed E-state index contributed by atoms with van der Waals surface area (Å²) >= 11 is 0. The van der Waals surface area contributed by atoms with E-state index in [4.69, 9.17) is 11.5 Å². The van der Waals surface area contributed by atoms with Gasteiger partial charge in [0.1, 0.15) is 5.78 Å². The molecule has 1 rings (SSSR count). The molecule has 4 nitrogen and oxygen atoms in total. The van der Waals surface area contributed by atoms with Gasteiger partial charge in [0.05, 0.1) is 6.04 Å². The zero-order valence-corrected chi connectivity index (χ0v) is 8.86. The van der Waals surface area contributed by atoms with E-state index in [1.807, 2.05) is 6.92 Å². The number of hydrogen-bond acceptors (Lipinski definition) is 2. The van der Waals surface area contributed by atoms with E-state index in [1.165, 1.54) is 0 Å². The average molecular weight is 197 g/mol. The largest absolute Gasteiger partial charge is 0.370 e. The quantitative estimate of drug-likeness (QED) is 0.515. The first kappa shape index (κ1) is 11.0. The van der Waals surface area contributed by atoms with E-state index >= 15 is 0 Å². The molecular weight excluding hydrogens is 178 g/mol. The lowest BCUT2D eigenvalue weighted by Crippen LogP contribution is -2.25. The molecule has 0 heterocycles. The van der Waals surface area contributed by atoms with Crippen LogP contribution in [0.15, 0.2) is 4.99 Å². The van der Waals surface area contributed by atoms with E-state index in [0.717, 1.165) is 19.3 Å². The summed E-state index contributed by atoms with van der Waals surface area (Å²) in [5, 5.41) is 0. The van der Waals surface area contributed by atoms with Crippen LogP contribution >= 0.6 is 0 Å². The molecule has 0 aromatic rings. The Balaban J connectivity index is 2.49. The number of nitrogens with zero attached hydrogens (tertiary/aromatic N) is 1. The summed E-state index contributed by atoms with van der Waals surface area (Å²) in [5.74, 6) is 1.03. The van der Waals surface area contributed by atoms with Crippen LogP contribution in [0.1, 0.15) is 33.1 Å². The smallest absolute Gasteiger partial charge is 0.186 e. The molecule has 0 bridgehead atoms. The number of rotatable bonds is 3. The predicted octanol–water partition coefficient (Wildman–Crippen LogP) is 0.654. The minimum atomic E-state index is 0.147. The molecule has 0 amide bonds. The Morgan fingerprint density at radius 1 is 1.43 bits per heavy atom. The van der Waals surface area contributed by atoms with Crippen molar-refractivity contribution in [2.45, 2.75) is 39.2 Å². The molecule has 1 fully saturated rings. The Morgan fingerprint density at radius 2 is 2.07 bits per heavy atom. The maximum Gasteiger partial charge on any atom is 0.186 e. The molecule has 1 saturated carbocycles. The lowest BCUT2D eigenvalue weighted by Gasteiger charge is -2.15. The molecule has 1 aliphatic carbocycles. The summed E-state index contributed by atoms with van der Waals surface area (Å²) in [6, 6.07) is 0.229. The molecule has 80 valence electrons.